The molecule has 0 amide bonds. The van der Waals surface area contributed by atoms with Gasteiger partial charge in [-0.25, -0.2) is 9.97 Å². The molecule has 0 N–H and O–H groups in total. The molecule has 1 saturated carbocycles. The maximum Gasteiger partial charge on any atom is 0.130 e. The molecule has 0 spiro atoms. The molecule has 0 unspecified atom stereocenters. The van der Waals surface area contributed by atoms with Crippen LogP contribution in [0.15, 0.2) is 41.7 Å². The SMILES string of the molecule is c1cc(COc2ccc3c(c2)SCN3C2CCCCC2)ncn1. The minimum absolute atomic E-state index is 0.484. The third-order valence-corrected chi connectivity index (χ3v) is 5.69. The largest absolute Gasteiger partial charge is 0.487 e. The maximum atomic E-state index is 5.88. The van der Waals surface area contributed by atoms with Gasteiger partial charge in [-0.15, -0.1) is 11.8 Å². The van der Waals surface area contributed by atoms with Crippen LogP contribution in [0.1, 0.15) is 37.8 Å². The molecular weight excluding hydrogens is 306 g/mol. The van der Waals surface area contributed by atoms with Crippen molar-refractivity contribution in [1.29, 1.82) is 0 Å². The summed E-state index contributed by atoms with van der Waals surface area (Å²) in [7, 11) is 0. The molecule has 0 bridgehead atoms. The molecule has 2 heterocycles. The number of aromatic nitrogens is 2. The van der Waals surface area contributed by atoms with Crippen LogP contribution in [0.4, 0.5) is 5.69 Å². The number of benzene rings is 1. The summed E-state index contributed by atoms with van der Waals surface area (Å²) in [6.07, 6.45) is 10.1. The Morgan fingerprint density at radius 1 is 1.17 bits per heavy atom. The van der Waals surface area contributed by atoms with Crippen molar-refractivity contribution in [2.45, 2.75) is 49.6 Å². The van der Waals surface area contributed by atoms with E-state index in [1.165, 1.54) is 42.7 Å². The lowest BCUT2D eigenvalue weighted by Crippen LogP contribution is -2.34. The van der Waals surface area contributed by atoms with Crippen molar-refractivity contribution >= 4 is 17.4 Å². The molecule has 0 radical (unpaired) electrons. The van der Waals surface area contributed by atoms with Gasteiger partial charge in [0.2, 0.25) is 0 Å². The lowest BCUT2D eigenvalue weighted by Gasteiger charge is -2.32. The van der Waals surface area contributed by atoms with E-state index in [9.17, 15) is 0 Å². The Kier molecular flexibility index (Phi) is 4.37. The first-order chi connectivity index (χ1) is 11.4. The Hall–Kier alpha value is -1.75. The fourth-order valence-electron chi connectivity index (χ4n) is 3.40. The molecule has 4 nitrogen and oxygen atoms in total. The molecule has 1 fully saturated rings. The number of nitrogens with zero attached hydrogens (tertiary/aromatic N) is 3. The van der Waals surface area contributed by atoms with E-state index in [0.29, 0.717) is 6.61 Å². The maximum absolute atomic E-state index is 5.88. The van der Waals surface area contributed by atoms with Gasteiger partial charge >= 0.3 is 0 Å². The standard InChI is InChI=1S/C18H21N3OS/c1-2-4-15(5-3-1)21-13-23-18-10-16(6-7-17(18)21)22-11-14-8-9-19-12-20-14/h6-10,12,15H,1-5,11,13H2. The number of rotatable bonds is 4. The first kappa shape index (κ1) is 14.8. The third-order valence-electron chi connectivity index (χ3n) is 4.65. The Bertz CT molecular complexity index is 659. The number of thioether (sulfide) groups is 1. The molecule has 5 heteroatoms. The van der Waals surface area contributed by atoms with Gasteiger partial charge in [-0.3, -0.25) is 0 Å². The highest BCUT2D eigenvalue weighted by Gasteiger charge is 2.28. The summed E-state index contributed by atoms with van der Waals surface area (Å²) in [4.78, 5) is 12.0. The number of anilines is 1. The molecule has 23 heavy (non-hydrogen) atoms. The second-order valence-electron chi connectivity index (χ2n) is 6.15. The van der Waals surface area contributed by atoms with E-state index in [1.54, 1.807) is 12.5 Å². The van der Waals surface area contributed by atoms with Gasteiger partial charge in [0.25, 0.3) is 0 Å². The van der Waals surface area contributed by atoms with Crippen LogP contribution < -0.4 is 9.64 Å². The third kappa shape index (κ3) is 3.29. The quantitative estimate of drug-likeness (QED) is 0.839. The van der Waals surface area contributed by atoms with Crippen molar-refractivity contribution in [1.82, 2.24) is 9.97 Å². The van der Waals surface area contributed by atoms with Crippen molar-refractivity contribution in [3.63, 3.8) is 0 Å². The number of hydrogen-bond acceptors (Lipinski definition) is 5. The van der Waals surface area contributed by atoms with Crippen LogP contribution in [-0.2, 0) is 6.61 Å². The zero-order valence-electron chi connectivity index (χ0n) is 13.1. The summed E-state index contributed by atoms with van der Waals surface area (Å²) < 4.78 is 5.88. The van der Waals surface area contributed by atoms with Crippen molar-refractivity contribution in [2.75, 3.05) is 10.8 Å². The summed E-state index contributed by atoms with van der Waals surface area (Å²) in [5, 5.41) is 0. The van der Waals surface area contributed by atoms with Gasteiger partial charge in [0.05, 0.1) is 17.3 Å². The van der Waals surface area contributed by atoms with Crippen LogP contribution >= 0.6 is 11.8 Å². The van der Waals surface area contributed by atoms with Gasteiger partial charge in [0.1, 0.15) is 18.7 Å². The molecule has 1 aromatic heterocycles. The molecule has 1 aliphatic heterocycles. The Labute approximate surface area is 141 Å². The topological polar surface area (TPSA) is 38.2 Å². The predicted octanol–water partition coefficient (Wildman–Crippen LogP) is 4.26. The van der Waals surface area contributed by atoms with Gasteiger partial charge in [-0.2, -0.15) is 0 Å². The van der Waals surface area contributed by atoms with E-state index < -0.39 is 0 Å². The van der Waals surface area contributed by atoms with E-state index in [-0.39, 0.29) is 0 Å². The molecule has 2 aliphatic rings. The average Bonchev–Trinajstić information content (AvgIpc) is 3.05. The van der Waals surface area contributed by atoms with E-state index >= 15 is 0 Å². The highest BCUT2D eigenvalue weighted by Crippen LogP contribution is 2.43. The van der Waals surface area contributed by atoms with Gasteiger partial charge < -0.3 is 9.64 Å². The minimum atomic E-state index is 0.484. The second-order valence-corrected chi connectivity index (χ2v) is 7.14. The lowest BCUT2D eigenvalue weighted by atomic mass is 9.94. The second kappa shape index (κ2) is 6.79. The van der Waals surface area contributed by atoms with Crippen LogP contribution in [0.5, 0.6) is 5.75 Å². The molecular formula is C18H21N3OS. The smallest absolute Gasteiger partial charge is 0.130 e. The molecule has 1 aromatic carbocycles. The van der Waals surface area contributed by atoms with Gasteiger partial charge in [0, 0.05) is 17.1 Å². The van der Waals surface area contributed by atoms with Crippen LogP contribution in [-0.4, -0.2) is 21.9 Å². The molecule has 1 aliphatic carbocycles. The van der Waals surface area contributed by atoms with Crippen molar-refractivity contribution in [3.8, 4) is 5.75 Å². The predicted molar refractivity (Wildman–Crippen MR) is 92.9 cm³/mol. The lowest BCUT2D eigenvalue weighted by molar-refractivity contribution is 0.300. The fourth-order valence-corrected chi connectivity index (χ4v) is 4.56. The van der Waals surface area contributed by atoms with Crippen LogP contribution in [0.2, 0.25) is 0 Å². The summed E-state index contributed by atoms with van der Waals surface area (Å²) in [5.41, 5.74) is 2.29. The van der Waals surface area contributed by atoms with Gasteiger partial charge in [-0.1, -0.05) is 19.3 Å². The van der Waals surface area contributed by atoms with Crippen molar-refractivity contribution in [3.05, 3.63) is 42.5 Å². The number of fused-ring (bicyclic) bond motifs is 1. The fraction of sp³-hybridized carbons (Fsp3) is 0.444. The zero-order valence-corrected chi connectivity index (χ0v) is 14.0. The summed E-state index contributed by atoms with van der Waals surface area (Å²) >= 11 is 1.93. The number of hydrogen-bond donors (Lipinski definition) is 0. The monoisotopic (exact) mass is 327 g/mol. The Morgan fingerprint density at radius 3 is 2.91 bits per heavy atom. The van der Waals surface area contributed by atoms with Crippen molar-refractivity contribution < 1.29 is 4.74 Å². The summed E-state index contributed by atoms with van der Waals surface area (Å²) in [5.74, 6) is 2.00. The molecule has 4 rings (SSSR count). The van der Waals surface area contributed by atoms with Gasteiger partial charge in [-0.05, 0) is 37.1 Å². The molecule has 120 valence electrons. The van der Waals surface area contributed by atoms with E-state index in [0.717, 1.165) is 23.4 Å². The summed E-state index contributed by atoms with van der Waals surface area (Å²) in [6.45, 7) is 0.484. The Balaban J connectivity index is 1.44. The highest BCUT2D eigenvalue weighted by molar-refractivity contribution is 7.99. The molecule has 2 aromatic rings. The Morgan fingerprint density at radius 2 is 2.09 bits per heavy atom. The molecule has 0 atom stereocenters. The highest BCUT2D eigenvalue weighted by atomic mass is 32.2. The van der Waals surface area contributed by atoms with Crippen molar-refractivity contribution in [2.24, 2.45) is 0 Å². The van der Waals surface area contributed by atoms with Gasteiger partial charge in [0.15, 0.2) is 0 Å². The number of ether oxygens (including phenoxy) is 1. The van der Waals surface area contributed by atoms with E-state index in [2.05, 4.69) is 33.1 Å². The molecule has 0 saturated heterocycles. The van der Waals surface area contributed by atoms with Crippen LogP contribution in [0.25, 0.3) is 0 Å². The summed E-state index contributed by atoms with van der Waals surface area (Å²) in [6, 6.07) is 9.09. The zero-order chi connectivity index (χ0) is 15.5. The first-order valence-corrected chi connectivity index (χ1v) is 9.30. The van der Waals surface area contributed by atoms with E-state index in [1.807, 2.05) is 17.8 Å². The normalized spacial score (nSPS) is 18.0. The van der Waals surface area contributed by atoms with Crippen LogP contribution in [0.3, 0.4) is 0 Å². The average molecular weight is 327 g/mol. The van der Waals surface area contributed by atoms with Crippen LogP contribution in [0, 0.1) is 0 Å². The van der Waals surface area contributed by atoms with E-state index in [4.69, 9.17) is 4.74 Å². The first-order valence-electron chi connectivity index (χ1n) is 8.31. The minimum Gasteiger partial charge on any atom is -0.487 e.